The monoisotopic (exact) mass is 811 g/mol. The van der Waals surface area contributed by atoms with Gasteiger partial charge in [-0.3, -0.25) is 9.59 Å². The van der Waals surface area contributed by atoms with Gasteiger partial charge >= 0.3 is 6.16 Å². The van der Waals surface area contributed by atoms with Gasteiger partial charge in [0.25, 0.3) is 0 Å². The number of hydrogen-bond donors (Lipinski definition) is 0. The molecule has 0 amide bonds. The molecule has 0 bridgehead atoms. The zero-order chi connectivity index (χ0) is 42.7. The Bertz CT molecular complexity index is 984. The van der Waals surface area contributed by atoms with Gasteiger partial charge in [0.1, 0.15) is 0 Å². The maximum Gasteiger partial charge on any atom is 0.509 e. The van der Waals surface area contributed by atoms with E-state index in [2.05, 4.69) is 90.2 Å². The summed E-state index contributed by atoms with van der Waals surface area (Å²) in [7, 11) is 0. The fourth-order valence-electron chi connectivity index (χ4n) is 7.14. The fraction of sp³-hybridized carbons (Fsp3) is 0.792. The van der Waals surface area contributed by atoms with Gasteiger partial charge in [-0.1, -0.05) is 180 Å². The molecule has 0 rings (SSSR count). The van der Waals surface area contributed by atoms with E-state index in [0.717, 1.165) is 116 Å². The van der Waals surface area contributed by atoms with E-state index in [1.54, 1.807) is 0 Å². The first-order valence-electron chi connectivity index (χ1n) is 24.7. The molecule has 0 aliphatic carbocycles. The van der Waals surface area contributed by atoms with Crippen molar-refractivity contribution in [2.75, 3.05) is 0 Å². The fourth-order valence-corrected chi connectivity index (χ4v) is 7.14. The van der Waals surface area contributed by atoms with Gasteiger partial charge in [-0.15, -0.1) is 0 Å². The van der Waals surface area contributed by atoms with Crippen molar-refractivity contribution in [3.63, 3.8) is 0 Å². The minimum atomic E-state index is -0.857. The van der Waals surface area contributed by atoms with Crippen LogP contribution < -0.4 is 0 Å². The lowest BCUT2D eigenvalue weighted by molar-refractivity contribution is -0.133. The number of allylic oxidation sites excluding steroid dienone is 8. The van der Waals surface area contributed by atoms with Crippen LogP contribution in [0.5, 0.6) is 0 Å². The topological polar surface area (TPSA) is 69.7 Å². The number of Topliss-reactive ketones (excluding diaryl/α,β-unsaturated/α-hetero) is 2. The van der Waals surface area contributed by atoms with E-state index < -0.39 is 18.4 Å². The third-order valence-corrected chi connectivity index (χ3v) is 10.9. The number of hydrogen-bond acceptors (Lipinski definition) is 5. The SMILES string of the molecule is CCCCC/C=C\C/C=C\CCCCCCCC(=O)C(CCCCC(C)C)OC(=O)OC(CCCCC(C)C)C(=O)CCCCCCC/C=C\C/C=C\CCCCC. The van der Waals surface area contributed by atoms with Gasteiger partial charge in [0.05, 0.1) is 0 Å². The molecule has 0 heterocycles. The Hall–Kier alpha value is -2.43. The quantitative estimate of drug-likeness (QED) is 0.0349. The summed E-state index contributed by atoms with van der Waals surface area (Å²) in [4.78, 5) is 40.0. The maximum absolute atomic E-state index is 13.4. The van der Waals surface area contributed by atoms with E-state index in [1.165, 1.54) is 64.2 Å². The minimum Gasteiger partial charge on any atom is -0.423 e. The van der Waals surface area contributed by atoms with Crippen molar-refractivity contribution in [1.29, 1.82) is 0 Å². The molecule has 0 N–H and O–H groups in total. The van der Waals surface area contributed by atoms with Crippen LogP contribution in [-0.4, -0.2) is 29.9 Å². The molecule has 0 spiro atoms. The molecule has 0 radical (unpaired) electrons. The van der Waals surface area contributed by atoms with Gasteiger partial charge in [0.15, 0.2) is 23.8 Å². The Labute approximate surface area is 360 Å². The van der Waals surface area contributed by atoms with Crippen LogP contribution in [0.15, 0.2) is 48.6 Å². The summed E-state index contributed by atoms with van der Waals surface area (Å²) in [6, 6.07) is 0. The molecule has 2 atom stereocenters. The van der Waals surface area contributed by atoms with Crippen LogP contribution in [0.4, 0.5) is 4.79 Å². The number of rotatable bonds is 42. The molecule has 5 nitrogen and oxygen atoms in total. The van der Waals surface area contributed by atoms with Gasteiger partial charge in [-0.2, -0.15) is 0 Å². The second-order valence-corrected chi connectivity index (χ2v) is 17.7. The molecule has 0 saturated carbocycles. The molecule has 0 aromatic rings. The first kappa shape index (κ1) is 55.6. The van der Waals surface area contributed by atoms with Crippen molar-refractivity contribution in [2.24, 2.45) is 11.8 Å². The molecule has 0 aromatic carbocycles. The molecule has 0 aliphatic rings. The average molecular weight is 811 g/mol. The lowest BCUT2D eigenvalue weighted by atomic mass is 9.99. The normalized spacial score (nSPS) is 13.2. The summed E-state index contributed by atoms with van der Waals surface area (Å²) >= 11 is 0. The molecule has 5 heteroatoms. The molecule has 0 saturated heterocycles. The third kappa shape index (κ3) is 39.1. The van der Waals surface area contributed by atoms with Crippen molar-refractivity contribution in [2.45, 2.75) is 259 Å². The summed E-state index contributed by atoms with van der Waals surface area (Å²) < 4.78 is 11.5. The smallest absolute Gasteiger partial charge is 0.423 e. The highest BCUT2D eigenvalue weighted by Gasteiger charge is 2.27. The Balaban J connectivity index is 4.81. The molecule has 2 unspecified atom stereocenters. The second-order valence-electron chi connectivity index (χ2n) is 17.7. The van der Waals surface area contributed by atoms with Crippen molar-refractivity contribution in [1.82, 2.24) is 0 Å². The lowest BCUT2D eigenvalue weighted by Crippen LogP contribution is -2.32. The summed E-state index contributed by atoms with van der Waals surface area (Å²) in [5, 5.41) is 0. The minimum absolute atomic E-state index is 0.0166. The van der Waals surface area contributed by atoms with Gasteiger partial charge in [0, 0.05) is 12.8 Å². The molecule has 336 valence electrons. The standard InChI is InChI=1S/C53H94O5/c1-7-9-11-13-15-17-19-21-23-25-27-29-31-33-35-43-49(54)51(45-39-37-41-47(3)4)57-53(56)58-52(46-40-38-42-48(5)6)50(55)44-36-34-32-30-28-26-24-22-20-18-16-14-12-10-8-2/h15-18,21-24,47-48,51-52H,7-14,19-20,25-46H2,1-6H3/b17-15-,18-16-,23-21-,24-22-. The van der Waals surface area contributed by atoms with E-state index >= 15 is 0 Å². The number of carbonyl (C=O) groups is 3. The first-order valence-corrected chi connectivity index (χ1v) is 24.7. The zero-order valence-corrected chi connectivity index (χ0v) is 39.1. The van der Waals surface area contributed by atoms with Gasteiger partial charge < -0.3 is 9.47 Å². The van der Waals surface area contributed by atoms with Crippen molar-refractivity contribution in [3.05, 3.63) is 48.6 Å². The van der Waals surface area contributed by atoms with Crippen LogP contribution in [0.3, 0.4) is 0 Å². The number of unbranched alkanes of at least 4 members (excludes halogenated alkanes) is 18. The summed E-state index contributed by atoms with van der Waals surface area (Å²) in [6.07, 6.45) is 48.4. The average Bonchev–Trinajstić information content (AvgIpc) is 3.19. The number of ketones is 2. The zero-order valence-electron chi connectivity index (χ0n) is 39.1. The first-order chi connectivity index (χ1) is 28.2. The lowest BCUT2D eigenvalue weighted by Gasteiger charge is -2.21. The van der Waals surface area contributed by atoms with Gasteiger partial charge in [0.2, 0.25) is 0 Å². The highest BCUT2D eigenvalue weighted by molar-refractivity contribution is 5.86. The maximum atomic E-state index is 13.4. The Morgan fingerprint density at radius 1 is 0.379 bits per heavy atom. The Kier molecular flexibility index (Phi) is 40.9. The van der Waals surface area contributed by atoms with Crippen LogP contribution >= 0.6 is 0 Å². The number of ether oxygens (including phenoxy) is 2. The Morgan fingerprint density at radius 3 is 1.03 bits per heavy atom. The van der Waals surface area contributed by atoms with Crippen LogP contribution in [0.2, 0.25) is 0 Å². The van der Waals surface area contributed by atoms with Crippen molar-refractivity contribution in [3.8, 4) is 0 Å². The van der Waals surface area contributed by atoms with E-state index in [-0.39, 0.29) is 11.6 Å². The summed E-state index contributed by atoms with van der Waals surface area (Å²) in [5.74, 6) is 1.15. The van der Waals surface area contributed by atoms with Gasteiger partial charge in [-0.05, 0) is 115 Å². The molecular formula is C53H94O5. The van der Waals surface area contributed by atoms with Gasteiger partial charge in [-0.25, -0.2) is 4.79 Å². The highest BCUT2D eigenvalue weighted by Crippen LogP contribution is 2.20. The van der Waals surface area contributed by atoms with E-state index in [4.69, 9.17) is 9.47 Å². The molecule has 0 fully saturated rings. The van der Waals surface area contributed by atoms with Crippen molar-refractivity contribution >= 4 is 17.7 Å². The predicted molar refractivity (Wildman–Crippen MR) is 250 cm³/mol. The summed E-state index contributed by atoms with van der Waals surface area (Å²) in [6.45, 7) is 13.3. The van der Waals surface area contributed by atoms with Crippen LogP contribution in [0, 0.1) is 11.8 Å². The van der Waals surface area contributed by atoms with Crippen LogP contribution in [0.1, 0.15) is 247 Å². The molecule has 0 aliphatic heterocycles. The molecule has 0 aromatic heterocycles. The predicted octanol–water partition coefficient (Wildman–Crippen LogP) is 17.1. The second kappa shape index (κ2) is 42.7. The summed E-state index contributed by atoms with van der Waals surface area (Å²) in [5.41, 5.74) is 0. The third-order valence-electron chi connectivity index (χ3n) is 10.9. The Morgan fingerprint density at radius 2 is 0.690 bits per heavy atom. The van der Waals surface area contributed by atoms with E-state index in [9.17, 15) is 14.4 Å². The molecule has 58 heavy (non-hydrogen) atoms. The highest BCUT2D eigenvalue weighted by atomic mass is 16.7. The number of carbonyl (C=O) groups excluding carboxylic acids is 3. The van der Waals surface area contributed by atoms with Crippen molar-refractivity contribution < 1.29 is 23.9 Å². The van der Waals surface area contributed by atoms with E-state index in [1.807, 2.05) is 0 Å². The largest absolute Gasteiger partial charge is 0.509 e. The van der Waals surface area contributed by atoms with Crippen LogP contribution in [0.25, 0.3) is 0 Å². The molecular weight excluding hydrogens is 717 g/mol. The van der Waals surface area contributed by atoms with E-state index in [0.29, 0.717) is 37.5 Å². The van der Waals surface area contributed by atoms with Crippen LogP contribution in [-0.2, 0) is 19.1 Å².